The molecule has 124 valence electrons. The summed E-state index contributed by atoms with van der Waals surface area (Å²) in [4.78, 5) is 19.2. The molecule has 0 heterocycles. The van der Waals surface area contributed by atoms with E-state index in [1.807, 2.05) is 0 Å². The predicted molar refractivity (Wildman–Crippen MR) is 38.5 cm³/mol. The number of carboxylic acid groups (broad SMARTS) is 1. The summed E-state index contributed by atoms with van der Waals surface area (Å²) >= 11 is 0. The first kappa shape index (κ1) is 19.4. The molecule has 3 nitrogen and oxygen atoms in total. The molecular formula is C7HF11O3. The van der Waals surface area contributed by atoms with Crippen molar-refractivity contribution in [3.05, 3.63) is 0 Å². The molecule has 0 aliphatic heterocycles. The van der Waals surface area contributed by atoms with Crippen LogP contribution in [-0.2, 0) is 9.59 Å². The van der Waals surface area contributed by atoms with Gasteiger partial charge in [0.15, 0.2) is 0 Å². The number of carbonyl (C=O) groups excluding carboxylic acids is 1. The van der Waals surface area contributed by atoms with Crippen molar-refractivity contribution in [2.45, 2.75) is 29.6 Å². The number of hydrogen-bond acceptors (Lipinski definition) is 2. The highest BCUT2D eigenvalue weighted by molar-refractivity contribution is 5.79. The Labute approximate surface area is 106 Å². The Morgan fingerprint density at radius 1 is 0.619 bits per heavy atom. The molecule has 0 saturated carbocycles. The third-order valence-corrected chi connectivity index (χ3v) is 2.09. The van der Waals surface area contributed by atoms with Crippen LogP contribution < -0.4 is 0 Å². The molecule has 0 aromatic rings. The van der Waals surface area contributed by atoms with Crippen LogP contribution in [0.2, 0.25) is 0 Å². The van der Waals surface area contributed by atoms with Crippen LogP contribution in [0.5, 0.6) is 0 Å². The average Bonchev–Trinajstić information content (AvgIpc) is 2.27. The van der Waals surface area contributed by atoms with Gasteiger partial charge < -0.3 is 5.11 Å². The summed E-state index contributed by atoms with van der Waals surface area (Å²) in [6, 6.07) is -4.51. The van der Waals surface area contributed by atoms with Crippen LogP contribution in [0.25, 0.3) is 0 Å². The van der Waals surface area contributed by atoms with Crippen molar-refractivity contribution in [1.29, 1.82) is 0 Å². The minimum absolute atomic E-state index is 4.04. The Balaban J connectivity index is 6.21. The van der Waals surface area contributed by atoms with Crippen LogP contribution in [0.3, 0.4) is 0 Å². The minimum atomic E-state index is -7.78. The number of hydrogen-bond donors (Lipinski definition) is 1. The highest BCUT2D eigenvalue weighted by atomic mass is 19.4. The second-order valence-electron chi connectivity index (χ2n) is 3.45. The van der Waals surface area contributed by atoms with Crippen molar-refractivity contribution in [3.8, 4) is 0 Å². The number of halogens is 11. The third kappa shape index (κ3) is 2.29. The van der Waals surface area contributed by atoms with E-state index in [4.69, 9.17) is 5.11 Å². The van der Waals surface area contributed by atoms with Gasteiger partial charge in [-0.1, -0.05) is 0 Å². The zero-order valence-electron chi connectivity index (χ0n) is 8.92. The average molecular weight is 342 g/mol. The van der Waals surface area contributed by atoms with Crippen LogP contribution in [0.15, 0.2) is 0 Å². The SMILES string of the molecule is O=C(O)C(F)(F)C(F)(F)C(F)(F)C(F)(F)C(F)(F)C(=O)F. The Morgan fingerprint density at radius 2 is 0.905 bits per heavy atom. The molecule has 0 amide bonds. The lowest BCUT2D eigenvalue weighted by Gasteiger charge is -2.36. The minimum Gasteiger partial charge on any atom is -0.477 e. The van der Waals surface area contributed by atoms with Crippen molar-refractivity contribution < 1.29 is 63.0 Å². The normalized spacial score (nSPS) is 15.0. The lowest BCUT2D eigenvalue weighted by atomic mass is 9.94. The van der Waals surface area contributed by atoms with Gasteiger partial charge in [-0.15, -0.1) is 0 Å². The standard InChI is InChI=1S/C7HF11O3/c8-1(19)3(9,10)5(13,14)7(17,18)6(15,16)4(11,12)2(20)21/h(H,20,21). The highest BCUT2D eigenvalue weighted by Gasteiger charge is 2.89. The fraction of sp³-hybridized carbons (Fsp3) is 0.714. The van der Waals surface area contributed by atoms with Gasteiger partial charge >= 0.3 is 41.6 Å². The maximum absolute atomic E-state index is 12.6. The molecule has 0 aliphatic rings. The molecule has 21 heavy (non-hydrogen) atoms. The first-order valence-electron chi connectivity index (χ1n) is 4.21. The van der Waals surface area contributed by atoms with Crippen molar-refractivity contribution >= 4 is 12.0 Å². The summed E-state index contributed by atoms with van der Waals surface area (Å²) in [5.41, 5.74) is 0. The van der Waals surface area contributed by atoms with Gasteiger partial charge in [0, 0.05) is 0 Å². The lowest BCUT2D eigenvalue weighted by molar-refractivity contribution is -0.390. The predicted octanol–water partition coefficient (Wildman–Crippen LogP) is 2.74. The van der Waals surface area contributed by atoms with Crippen LogP contribution in [0.4, 0.5) is 48.3 Å². The number of aliphatic carboxylic acids is 1. The first-order valence-corrected chi connectivity index (χ1v) is 4.21. The van der Waals surface area contributed by atoms with Crippen molar-refractivity contribution in [2.24, 2.45) is 0 Å². The smallest absolute Gasteiger partial charge is 0.410 e. The van der Waals surface area contributed by atoms with Crippen molar-refractivity contribution in [2.75, 3.05) is 0 Å². The molecule has 1 N–H and O–H groups in total. The monoisotopic (exact) mass is 342 g/mol. The molecule has 0 aliphatic carbocycles. The third-order valence-electron chi connectivity index (χ3n) is 2.09. The second kappa shape index (κ2) is 4.69. The number of carbonyl (C=O) groups is 2. The van der Waals surface area contributed by atoms with E-state index in [-0.39, 0.29) is 0 Å². The Hall–Kier alpha value is -1.63. The quantitative estimate of drug-likeness (QED) is 0.597. The summed E-state index contributed by atoms with van der Waals surface area (Å²) in [6.07, 6.45) is 0. The molecular weight excluding hydrogens is 341 g/mol. The van der Waals surface area contributed by atoms with Crippen molar-refractivity contribution in [3.63, 3.8) is 0 Å². The fourth-order valence-electron chi connectivity index (χ4n) is 0.849. The molecule has 0 atom stereocenters. The summed E-state index contributed by atoms with van der Waals surface area (Å²) < 4.78 is 136. The summed E-state index contributed by atoms with van der Waals surface area (Å²) in [5.74, 6) is -41.1. The topological polar surface area (TPSA) is 54.4 Å². The Bertz CT molecular complexity index is 415. The summed E-state index contributed by atoms with van der Waals surface area (Å²) in [7, 11) is 0. The number of rotatable bonds is 6. The van der Waals surface area contributed by atoms with E-state index in [0.717, 1.165) is 0 Å². The molecule has 0 bridgehead atoms. The maximum atomic E-state index is 12.6. The van der Waals surface area contributed by atoms with E-state index in [2.05, 4.69) is 0 Å². The van der Waals surface area contributed by atoms with Gasteiger partial charge in [-0.05, 0) is 0 Å². The first-order chi connectivity index (χ1) is 8.89. The summed E-state index contributed by atoms with van der Waals surface area (Å²) in [6.45, 7) is 0. The fourth-order valence-corrected chi connectivity index (χ4v) is 0.849. The van der Waals surface area contributed by atoms with Gasteiger partial charge in [-0.25, -0.2) is 4.79 Å². The van der Waals surface area contributed by atoms with E-state index in [9.17, 15) is 57.9 Å². The molecule has 0 fully saturated rings. The molecule has 0 radical (unpaired) electrons. The molecule has 0 spiro atoms. The summed E-state index contributed by atoms with van der Waals surface area (Å²) in [5, 5.41) is 7.58. The van der Waals surface area contributed by atoms with E-state index >= 15 is 0 Å². The van der Waals surface area contributed by atoms with E-state index in [0.29, 0.717) is 0 Å². The molecule has 14 heteroatoms. The highest BCUT2D eigenvalue weighted by Crippen LogP contribution is 2.57. The van der Waals surface area contributed by atoms with Gasteiger partial charge in [0.2, 0.25) is 0 Å². The Morgan fingerprint density at radius 3 is 1.14 bits per heavy atom. The maximum Gasteiger partial charge on any atom is 0.410 e. The van der Waals surface area contributed by atoms with E-state index in [1.54, 1.807) is 0 Å². The zero-order valence-corrected chi connectivity index (χ0v) is 8.92. The molecule has 0 aromatic heterocycles. The molecule has 0 unspecified atom stereocenters. The number of alkyl halides is 10. The van der Waals surface area contributed by atoms with Crippen LogP contribution in [0.1, 0.15) is 0 Å². The molecule has 0 rings (SSSR count). The van der Waals surface area contributed by atoms with Crippen LogP contribution in [-0.4, -0.2) is 46.7 Å². The lowest BCUT2D eigenvalue weighted by Crippen LogP contribution is -2.69. The van der Waals surface area contributed by atoms with Gasteiger partial charge in [-0.2, -0.15) is 48.3 Å². The number of carboxylic acids is 1. The molecule has 0 saturated heterocycles. The van der Waals surface area contributed by atoms with E-state index < -0.39 is 41.6 Å². The Kier molecular flexibility index (Phi) is 4.33. The van der Waals surface area contributed by atoms with Gasteiger partial charge in [0.05, 0.1) is 0 Å². The van der Waals surface area contributed by atoms with Gasteiger partial charge in [0.1, 0.15) is 0 Å². The zero-order chi connectivity index (χ0) is 17.7. The largest absolute Gasteiger partial charge is 0.477 e. The van der Waals surface area contributed by atoms with Gasteiger partial charge in [-0.3, -0.25) is 4.79 Å². The van der Waals surface area contributed by atoms with Crippen LogP contribution >= 0.6 is 0 Å². The van der Waals surface area contributed by atoms with Crippen LogP contribution in [0, 0.1) is 0 Å². The van der Waals surface area contributed by atoms with Crippen molar-refractivity contribution in [1.82, 2.24) is 0 Å². The van der Waals surface area contributed by atoms with E-state index in [1.165, 1.54) is 0 Å². The van der Waals surface area contributed by atoms with Gasteiger partial charge in [0.25, 0.3) is 0 Å². The second-order valence-corrected chi connectivity index (χ2v) is 3.45. The molecule has 0 aromatic carbocycles.